The molecule has 1 amide bonds. The normalized spacial score (nSPS) is 11.7. The minimum Gasteiger partial charge on any atom is -0.342 e. The summed E-state index contributed by atoms with van der Waals surface area (Å²) in [4.78, 5) is 28.2. The Morgan fingerprint density at radius 1 is 1.09 bits per heavy atom. The van der Waals surface area contributed by atoms with E-state index >= 15 is 0 Å². The fraction of sp³-hybridized carbons (Fsp3) is 0.0870. The monoisotopic (exact) mass is 590 g/mol. The van der Waals surface area contributed by atoms with Crippen molar-refractivity contribution in [3.8, 4) is 22.8 Å². The summed E-state index contributed by atoms with van der Waals surface area (Å²) in [6.07, 6.45) is -3.33. The van der Waals surface area contributed by atoms with Crippen molar-refractivity contribution in [2.75, 3.05) is 5.32 Å². The highest BCUT2D eigenvalue weighted by Crippen LogP contribution is 2.31. The maximum atomic E-state index is 12.9. The average Bonchev–Trinajstić information content (AvgIpc) is 3.49. The number of alkyl halides is 3. The van der Waals surface area contributed by atoms with E-state index in [0.717, 1.165) is 37.9 Å². The Morgan fingerprint density at radius 2 is 1.91 bits per heavy atom. The lowest BCUT2D eigenvalue weighted by Crippen LogP contribution is -2.16. The number of imidazole rings is 1. The lowest BCUT2D eigenvalue weighted by Gasteiger charge is -2.11. The average molecular weight is 590 g/mol. The first-order chi connectivity index (χ1) is 16.7. The number of anilines is 1. The second-order valence-electron chi connectivity index (χ2n) is 7.55. The molecule has 0 aliphatic carbocycles. The lowest BCUT2D eigenvalue weighted by molar-refractivity contribution is -0.141. The highest BCUT2D eigenvalue weighted by Gasteiger charge is 2.33. The van der Waals surface area contributed by atoms with Crippen LogP contribution in [0.4, 0.5) is 18.9 Å². The number of nitrogens with zero attached hydrogens (tertiary/aromatic N) is 4. The summed E-state index contributed by atoms with van der Waals surface area (Å²) in [5.41, 5.74) is 2.44. The number of aromatic nitrogens is 5. The maximum Gasteiger partial charge on any atom is 0.433 e. The van der Waals surface area contributed by atoms with Gasteiger partial charge in [0.2, 0.25) is 12.2 Å². The molecule has 0 fully saturated rings. The molecule has 176 valence electrons. The van der Waals surface area contributed by atoms with Crippen molar-refractivity contribution in [2.24, 2.45) is 0 Å². The minimum absolute atomic E-state index is 0.0160. The van der Waals surface area contributed by atoms with Crippen molar-refractivity contribution in [1.29, 1.82) is 0 Å². The molecule has 12 heteroatoms. The van der Waals surface area contributed by atoms with Gasteiger partial charge < -0.3 is 14.8 Å². The zero-order valence-electron chi connectivity index (χ0n) is 17.8. The second kappa shape index (κ2) is 8.76. The predicted molar refractivity (Wildman–Crippen MR) is 129 cm³/mol. The first kappa shape index (κ1) is 23.0. The number of nitrogens with one attached hydrogen (secondary N) is 2. The molecular weight excluding hydrogens is 576 g/mol. The van der Waals surface area contributed by atoms with Crippen LogP contribution in [0.1, 0.15) is 21.7 Å². The van der Waals surface area contributed by atoms with Crippen LogP contribution in [0.15, 0.2) is 59.4 Å². The summed E-state index contributed by atoms with van der Waals surface area (Å²) in [7, 11) is 0. The number of pyridine rings is 1. The van der Waals surface area contributed by atoms with Crippen molar-refractivity contribution in [3.05, 3.63) is 75.4 Å². The molecule has 0 unspecified atom stereocenters. The van der Waals surface area contributed by atoms with Crippen LogP contribution in [0.25, 0.3) is 33.8 Å². The molecule has 8 nitrogen and oxygen atoms in total. The molecule has 0 radical (unpaired) electrons. The van der Waals surface area contributed by atoms with Gasteiger partial charge in [0.05, 0.1) is 22.3 Å². The first-order valence-corrected chi connectivity index (χ1v) is 11.2. The smallest absolute Gasteiger partial charge is 0.342 e. The maximum absolute atomic E-state index is 12.9. The third-order valence-electron chi connectivity index (χ3n) is 5.20. The number of carbonyl (C=O) groups is 1. The van der Waals surface area contributed by atoms with Crippen LogP contribution < -0.4 is 5.32 Å². The van der Waals surface area contributed by atoms with Crippen molar-refractivity contribution < 1.29 is 22.5 Å². The number of benzene rings is 2. The molecule has 3 heterocycles. The van der Waals surface area contributed by atoms with Crippen LogP contribution >= 0.6 is 22.6 Å². The van der Waals surface area contributed by atoms with E-state index in [9.17, 15) is 18.0 Å². The number of rotatable bonds is 4. The molecule has 5 aromatic rings. The molecule has 0 bridgehead atoms. The zero-order chi connectivity index (χ0) is 24.7. The number of carbonyl (C=O) groups excluding carboxylic acids is 1. The summed E-state index contributed by atoms with van der Waals surface area (Å²) in [5, 5.41) is 6.56. The van der Waals surface area contributed by atoms with Crippen LogP contribution in [0.3, 0.4) is 0 Å². The Morgan fingerprint density at radius 3 is 2.63 bits per heavy atom. The van der Waals surface area contributed by atoms with Gasteiger partial charge in [-0.3, -0.25) is 4.79 Å². The van der Waals surface area contributed by atoms with Gasteiger partial charge in [0.25, 0.3) is 5.91 Å². The van der Waals surface area contributed by atoms with Crippen molar-refractivity contribution >= 4 is 45.2 Å². The van der Waals surface area contributed by atoms with Crippen LogP contribution in [0, 0.1) is 10.5 Å². The summed E-state index contributed by atoms with van der Waals surface area (Å²) >= 11 is 2.16. The van der Waals surface area contributed by atoms with Gasteiger partial charge in [0, 0.05) is 20.4 Å². The van der Waals surface area contributed by atoms with Gasteiger partial charge in [-0.1, -0.05) is 5.16 Å². The topological polar surface area (TPSA) is 110 Å². The fourth-order valence-corrected chi connectivity index (χ4v) is 4.11. The van der Waals surface area contributed by atoms with Crippen LogP contribution in [0.5, 0.6) is 0 Å². The Bertz CT molecular complexity index is 1560. The van der Waals surface area contributed by atoms with E-state index in [0.29, 0.717) is 17.3 Å². The summed E-state index contributed by atoms with van der Waals surface area (Å²) < 4.78 is 44.3. The van der Waals surface area contributed by atoms with Gasteiger partial charge in [-0.15, -0.1) is 0 Å². The third kappa shape index (κ3) is 4.60. The lowest BCUT2D eigenvalue weighted by atomic mass is 10.1. The van der Waals surface area contributed by atoms with E-state index in [-0.39, 0.29) is 11.3 Å². The number of hydrogen-bond acceptors (Lipinski definition) is 6. The van der Waals surface area contributed by atoms with E-state index in [4.69, 9.17) is 4.52 Å². The molecule has 3 aromatic heterocycles. The Hall–Kier alpha value is -3.81. The molecule has 5 rings (SSSR count). The fourth-order valence-electron chi connectivity index (χ4n) is 3.52. The minimum atomic E-state index is -4.58. The van der Waals surface area contributed by atoms with Crippen LogP contribution in [0.2, 0.25) is 0 Å². The molecule has 2 N–H and O–H groups in total. The SMILES string of the molecule is Cc1nc(C(F)(F)F)ccc1C(=O)Nc1ccc(I)c(-c2nc3ccc(-c4ncon4)cc3[nH]2)c1. The number of aryl methyl sites for hydroxylation is 1. The Labute approximate surface area is 209 Å². The number of amides is 1. The molecule has 0 saturated carbocycles. The number of halogens is 4. The summed E-state index contributed by atoms with van der Waals surface area (Å²) in [6, 6.07) is 12.7. The van der Waals surface area contributed by atoms with Crippen molar-refractivity contribution in [3.63, 3.8) is 0 Å². The number of aromatic amines is 1. The molecule has 35 heavy (non-hydrogen) atoms. The Balaban J connectivity index is 1.43. The summed E-state index contributed by atoms with van der Waals surface area (Å²) in [6.45, 7) is 1.36. The third-order valence-corrected chi connectivity index (χ3v) is 6.14. The molecule has 0 atom stereocenters. The van der Waals surface area contributed by atoms with E-state index in [1.165, 1.54) is 13.3 Å². The summed E-state index contributed by atoms with van der Waals surface area (Å²) in [5.74, 6) is 0.471. The molecule has 0 aliphatic heterocycles. The van der Waals surface area contributed by atoms with Gasteiger partial charge >= 0.3 is 6.18 Å². The molecule has 0 aliphatic rings. The van der Waals surface area contributed by atoms with Gasteiger partial charge in [-0.25, -0.2) is 9.97 Å². The van der Waals surface area contributed by atoms with E-state index in [1.807, 2.05) is 18.2 Å². The standard InChI is InChI=1S/C23H14F3IN6O2/c1-11-14(4-7-19(29-11)23(24,25)26)22(34)30-13-3-5-16(27)15(9-13)21-31-17-6-2-12(8-18(17)32-21)20-28-10-35-33-20/h2-10H,1H3,(H,30,34)(H,31,32). The molecule has 0 saturated heterocycles. The van der Waals surface area contributed by atoms with Gasteiger partial charge in [-0.2, -0.15) is 18.2 Å². The second-order valence-corrected chi connectivity index (χ2v) is 8.71. The molecule has 0 spiro atoms. The predicted octanol–water partition coefficient (Wildman–Crippen LogP) is 5.86. The highest BCUT2D eigenvalue weighted by atomic mass is 127. The Kier molecular flexibility index (Phi) is 5.75. The zero-order valence-corrected chi connectivity index (χ0v) is 20.0. The van der Waals surface area contributed by atoms with Gasteiger partial charge in [-0.05, 0) is 78.0 Å². The van der Waals surface area contributed by atoms with Crippen molar-refractivity contribution in [2.45, 2.75) is 13.1 Å². The highest BCUT2D eigenvalue weighted by molar-refractivity contribution is 14.1. The van der Waals surface area contributed by atoms with E-state index in [1.54, 1.807) is 18.2 Å². The quantitative estimate of drug-likeness (QED) is 0.254. The number of fused-ring (bicyclic) bond motifs is 1. The van der Waals surface area contributed by atoms with E-state index in [2.05, 4.69) is 53.0 Å². The van der Waals surface area contributed by atoms with Gasteiger partial charge in [0.1, 0.15) is 11.5 Å². The number of H-pyrrole nitrogens is 1. The van der Waals surface area contributed by atoms with Crippen molar-refractivity contribution in [1.82, 2.24) is 25.1 Å². The first-order valence-electron chi connectivity index (χ1n) is 10.1. The molecule has 2 aromatic carbocycles. The van der Waals surface area contributed by atoms with Crippen LogP contribution in [-0.4, -0.2) is 31.0 Å². The van der Waals surface area contributed by atoms with Crippen LogP contribution in [-0.2, 0) is 6.18 Å². The van der Waals surface area contributed by atoms with E-state index < -0.39 is 17.8 Å². The van der Waals surface area contributed by atoms with Gasteiger partial charge in [0.15, 0.2) is 0 Å². The molecular formula is C23H14F3IN6O2. The number of hydrogen-bond donors (Lipinski definition) is 2. The largest absolute Gasteiger partial charge is 0.433 e.